The lowest BCUT2D eigenvalue weighted by Gasteiger charge is -2.11. The highest BCUT2D eigenvalue weighted by molar-refractivity contribution is 6.07. The molecule has 0 unspecified atom stereocenters. The molecule has 2 rings (SSSR count). The van der Waals surface area contributed by atoms with Crippen LogP contribution in [0.4, 0.5) is 15.8 Å². The molecule has 19 heavy (non-hydrogen) atoms. The Morgan fingerprint density at radius 2 is 1.95 bits per heavy atom. The van der Waals surface area contributed by atoms with Gasteiger partial charge in [-0.05, 0) is 31.2 Å². The maximum atomic E-state index is 13.6. The van der Waals surface area contributed by atoms with Crippen LogP contribution in [0.5, 0.6) is 5.75 Å². The molecule has 0 aliphatic heterocycles. The maximum absolute atomic E-state index is 13.6. The largest absolute Gasteiger partial charge is 0.508 e. The highest BCUT2D eigenvalue weighted by Crippen LogP contribution is 2.24. The second-order valence-electron chi connectivity index (χ2n) is 4.11. The number of benzene rings is 2. The van der Waals surface area contributed by atoms with Gasteiger partial charge in [0.1, 0.15) is 17.3 Å². The van der Waals surface area contributed by atoms with E-state index in [-0.39, 0.29) is 22.7 Å². The molecule has 0 atom stereocenters. The molecule has 0 saturated carbocycles. The van der Waals surface area contributed by atoms with Gasteiger partial charge in [0.2, 0.25) is 0 Å². The lowest BCUT2D eigenvalue weighted by molar-refractivity contribution is 0.102. The van der Waals surface area contributed by atoms with Gasteiger partial charge in [0.05, 0.1) is 5.69 Å². The molecule has 2 aromatic carbocycles. The highest BCUT2D eigenvalue weighted by Gasteiger charge is 2.14. The van der Waals surface area contributed by atoms with Crippen molar-refractivity contribution in [2.24, 2.45) is 0 Å². The Balaban J connectivity index is 2.34. The van der Waals surface area contributed by atoms with Crippen molar-refractivity contribution in [1.82, 2.24) is 0 Å². The van der Waals surface area contributed by atoms with Gasteiger partial charge in [0, 0.05) is 11.1 Å². The van der Waals surface area contributed by atoms with E-state index >= 15 is 0 Å². The molecule has 0 aliphatic carbocycles. The first-order valence-corrected chi connectivity index (χ1v) is 5.64. The van der Waals surface area contributed by atoms with Crippen LogP contribution in [0.25, 0.3) is 0 Å². The number of hydrogen-bond donors (Lipinski definition) is 3. The summed E-state index contributed by atoms with van der Waals surface area (Å²) in [6.45, 7) is 1.61. The van der Waals surface area contributed by atoms with E-state index < -0.39 is 11.7 Å². The smallest absolute Gasteiger partial charge is 0.256 e. The first-order valence-electron chi connectivity index (χ1n) is 5.64. The Bertz CT molecular complexity index is 621. The summed E-state index contributed by atoms with van der Waals surface area (Å²) in [7, 11) is 0. The number of aromatic hydroxyl groups is 1. The minimum absolute atomic E-state index is 0.00848. The van der Waals surface area contributed by atoms with E-state index in [0.29, 0.717) is 5.56 Å². The summed E-state index contributed by atoms with van der Waals surface area (Å²) in [5, 5.41) is 12.0. The summed E-state index contributed by atoms with van der Waals surface area (Å²) in [4.78, 5) is 12.0. The van der Waals surface area contributed by atoms with Gasteiger partial charge >= 0.3 is 0 Å². The number of nitrogens with two attached hydrogens (primary N) is 1. The van der Waals surface area contributed by atoms with Crippen LogP contribution in [0.15, 0.2) is 36.4 Å². The maximum Gasteiger partial charge on any atom is 0.256 e. The Morgan fingerprint density at radius 3 is 2.63 bits per heavy atom. The third kappa shape index (κ3) is 2.49. The van der Waals surface area contributed by atoms with Gasteiger partial charge in [-0.3, -0.25) is 4.79 Å². The van der Waals surface area contributed by atoms with Crippen molar-refractivity contribution >= 4 is 17.3 Å². The van der Waals surface area contributed by atoms with E-state index in [1.165, 1.54) is 24.3 Å². The molecule has 0 aliphatic rings. The van der Waals surface area contributed by atoms with Gasteiger partial charge in [-0.25, -0.2) is 4.39 Å². The number of phenols is 1. The summed E-state index contributed by atoms with van der Waals surface area (Å²) < 4.78 is 13.6. The fourth-order valence-corrected chi connectivity index (χ4v) is 1.72. The van der Waals surface area contributed by atoms with Gasteiger partial charge in [-0.1, -0.05) is 12.1 Å². The first kappa shape index (κ1) is 12.9. The topological polar surface area (TPSA) is 75.3 Å². The summed E-state index contributed by atoms with van der Waals surface area (Å²) >= 11 is 0. The normalized spacial score (nSPS) is 10.2. The quantitative estimate of drug-likeness (QED) is 0.727. The summed E-state index contributed by atoms with van der Waals surface area (Å²) in [5.74, 6) is -1.12. The number of halogens is 1. The molecule has 0 bridgehead atoms. The van der Waals surface area contributed by atoms with E-state index in [9.17, 15) is 14.3 Å². The number of rotatable bonds is 2. The number of nitrogens with one attached hydrogen (secondary N) is 1. The average Bonchev–Trinajstić information content (AvgIpc) is 2.37. The van der Waals surface area contributed by atoms with Crippen molar-refractivity contribution < 1.29 is 14.3 Å². The van der Waals surface area contributed by atoms with Crippen molar-refractivity contribution in [2.75, 3.05) is 11.1 Å². The van der Waals surface area contributed by atoms with Gasteiger partial charge in [-0.15, -0.1) is 0 Å². The molecule has 0 spiro atoms. The molecule has 98 valence electrons. The summed E-state index contributed by atoms with van der Waals surface area (Å²) in [6, 6.07) is 8.72. The van der Waals surface area contributed by atoms with Crippen LogP contribution in [0.3, 0.4) is 0 Å². The molecule has 4 N–H and O–H groups in total. The van der Waals surface area contributed by atoms with Gasteiger partial charge in [-0.2, -0.15) is 0 Å². The van der Waals surface area contributed by atoms with Crippen LogP contribution in [0.1, 0.15) is 15.9 Å². The fourth-order valence-electron chi connectivity index (χ4n) is 1.72. The number of para-hydroxylation sites is 1. The van der Waals surface area contributed by atoms with Gasteiger partial charge in [0.25, 0.3) is 5.91 Å². The van der Waals surface area contributed by atoms with Crippen molar-refractivity contribution in [3.05, 3.63) is 53.3 Å². The Hall–Kier alpha value is -2.56. The number of amides is 1. The predicted octanol–water partition coefficient (Wildman–Crippen LogP) is 2.67. The fraction of sp³-hybridized carbons (Fsp3) is 0.0714. The zero-order chi connectivity index (χ0) is 14.0. The molecular weight excluding hydrogens is 247 g/mol. The molecule has 0 fully saturated rings. The minimum Gasteiger partial charge on any atom is -0.508 e. The molecule has 0 aromatic heterocycles. The summed E-state index contributed by atoms with van der Waals surface area (Å²) in [6.07, 6.45) is 0. The van der Waals surface area contributed by atoms with Crippen LogP contribution in [0, 0.1) is 12.7 Å². The molecule has 5 heteroatoms. The highest BCUT2D eigenvalue weighted by atomic mass is 19.1. The van der Waals surface area contributed by atoms with Crippen LogP contribution in [-0.2, 0) is 0 Å². The second kappa shape index (κ2) is 4.97. The van der Waals surface area contributed by atoms with E-state index in [4.69, 9.17) is 5.73 Å². The van der Waals surface area contributed by atoms with Crippen molar-refractivity contribution in [3.63, 3.8) is 0 Å². The SMILES string of the molecule is Cc1c(O)cccc1C(=O)Nc1c(N)cccc1F. The zero-order valence-corrected chi connectivity index (χ0v) is 10.3. The van der Waals surface area contributed by atoms with Crippen LogP contribution in [0.2, 0.25) is 0 Å². The molecular formula is C14H13FN2O2. The number of carbonyl (C=O) groups is 1. The first-order chi connectivity index (χ1) is 9.00. The average molecular weight is 260 g/mol. The van der Waals surface area contributed by atoms with E-state index in [1.54, 1.807) is 19.1 Å². The van der Waals surface area contributed by atoms with E-state index in [1.807, 2.05) is 0 Å². The third-order valence-electron chi connectivity index (χ3n) is 2.83. The monoisotopic (exact) mass is 260 g/mol. The molecule has 2 aromatic rings. The summed E-state index contributed by atoms with van der Waals surface area (Å²) in [5.41, 5.74) is 6.39. The lowest BCUT2D eigenvalue weighted by atomic mass is 10.1. The molecule has 0 saturated heterocycles. The molecule has 1 amide bonds. The molecule has 4 nitrogen and oxygen atoms in total. The van der Waals surface area contributed by atoms with Gasteiger partial charge in [0.15, 0.2) is 0 Å². The van der Waals surface area contributed by atoms with Crippen molar-refractivity contribution in [2.45, 2.75) is 6.92 Å². The molecule has 0 radical (unpaired) electrons. The van der Waals surface area contributed by atoms with E-state index in [0.717, 1.165) is 0 Å². The lowest BCUT2D eigenvalue weighted by Crippen LogP contribution is -2.15. The number of hydrogen-bond acceptors (Lipinski definition) is 3. The third-order valence-corrected chi connectivity index (χ3v) is 2.83. The van der Waals surface area contributed by atoms with Crippen molar-refractivity contribution in [1.29, 1.82) is 0 Å². The Morgan fingerprint density at radius 1 is 1.26 bits per heavy atom. The second-order valence-corrected chi connectivity index (χ2v) is 4.11. The zero-order valence-electron chi connectivity index (χ0n) is 10.3. The van der Waals surface area contributed by atoms with Crippen LogP contribution >= 0.6 is 0 Å². The van der Waals surface area contributed by atoms with E-state index in [2.05, 4.69) is 5.32 Å². The Labute approximate surface area is 109 Å². The standard InChI is InChI=1S/C14H13FN2O2/c1-8-9(4-2-7-12(8)18)14(19)17-13-10(15)5-3-6-11(13)16/h2-7,18H,16H2,1H3,(H,17,19). The number of nitrogen functional groups attached to an aromatic ring is 1. The minimum atomic E-state index is -0.605. The number of phenolic OH excluding ortho intramolecular Hbond substituents is 1. The van der Waals surface area contributed by atoms with Crippen molar-refractivity contribution in [3.8, 4) is 5.75 Å². The molecule has 0 heterocycles. The predicted molar refractivity (Wildman–Crippen MR) is 71.6 cm³/mol. The van der Waals surface area contributed by atoms with Crippen LogP contribution < -0.4 is 11.1 Å². The number of anilines is 2. The van der Waals surface area contributed by atoms with Crippen LogP contribution in [-0.4, -0.2) is 11.0 Å². The van der Waals surface area contributed by atoms with Gasteiger partial charge < -0.3 is 16.2 Å². The Kier molecular flexibility index (Phi) is 3.37. The number of carbonyl (C=O) groups excluding carboxylic acids is 1.